The highest BCUT2D eigenvalue weighted by atomic mass is 16.5. The van der Waals surface area contributed by atoms with Crippen LogP contribution >= 0.6 is 0 Å². The zero-order valence-corrected chi connectivity index (χ0v) is 13.8. The van der Waals surface area contributed by atoms with Crippen LogP contribution in [0.3, 0.4) is 0 Å². The molecule has 1 aliphatic rings. The predicted molar refractivity (Wildman–Crippen MR) is 85.8 cm³/mol. The summed E-state index contributed by atoms with van der Waals surface area (Å²) in [4.78, 5) is 2.27. The van der Waals surface area contributed by atoms with Crippen LogP contribution in [0.15, 0.2) is 24.5 Å². The van der Waals surface area contributed by atoms with E-state index in [-0.39, 0.29) is 0 Å². The molecule has 5 heteroatoms. The van der Waals surface area contributed by atoms with Crippen LogP contribution in [-0.4, -0.2) is 32.8 Å². The summed E-state index contributed by atoms with van der Waals surface area (Å²) in [6.07, 6.45) is 3.11. The van der Waals surface area contributed by atoms with Gasteiger partial charge in [0, 0.05) is 19.0 Å². The number of ether oxygens (including phenoxy) is 1. The van der Waals surface area contributed by atoms with Gasteiger partial charge in [-0.05, 0) is 45.0 Å². The molecule has 0 saturated heterocycles. The van der Waals surface area contributed by atoms with E-state index in [1.807, 2.05) is 6.33 Å². The van der Waals surface area contributed by atoms with Crippen LogP contribution in [0, 0.1) is 0 Å². The third kappa shape index (κ3) is 3.14. The minimum atomic E-state index is 0.299. The molecule has 1 aromatic heterocycles. The van der Waals surface area contributed by atoms with E-state index in [1.165, 1.54) is 11.1 Å². The van der Waals surface area contributed by atoms with Crippen LogP contribution in [-0.2, 0) is 19.5 Å². The molecule has 0 radical (unpaired) electrons. The highest BCUT2D eigenvalue weighted by Gasteiger charge is 2.19. The van der Waals surface area contributed by atoms with E-state index < -0.39 is 0 Å². The Hall–Kier alpha value is -1.88. The first-order valence-electron chi connectivity index (χ1n) is 7.88. The van der Waals surface area contributed by atoms with E-state index >= 15 is 0 Å². The van der Waals surface area contributed by atoms with Gasteiger partial charge in [0.2, 0.25) is 0 Å². The zero-order valence-electron chi connectivity index (χ0n) is 13.8. The molecule has 0 aliphatic carbocycles. The van der Waals surface area contributed by atoms with Crippen molar-refractivity contribution < 1.29 is 4.74 Å². The largest absolute Gasteiger partial charge is 0.490 e. The molecule has 1 aliphatic heterocycles. The number of fused-ring (bicyclic) bond motifs is 1. The monoisotopic (exact) mass is 300 g/mol. The van der Waals surface area contributed by atoms with Crippen molar-refractivity contribution in [3.8, 4) is 5.75 Å². The number of rotatable bonds is 5. The third-order valence-corrected chi connectivity index (χ3v) is 4.03. The summed E-state index contributed by atoms with van der Waals surface area (Å²) in [6.45, 7) is 8.10. The van der Waals surface area contributed by atoms with E-state index in [9.17, 15) is 0 Å². The van der Waals surface area contributed by atoms with Gasteiger partial charge in [-0.3, -0.25) is 4.90 Å². The first-order chi connectivity index (χ1) is 10.5. The molecular formula is C17H24N4O. The summed E-state index contributed by atoms with van der Waals surface area (Å²) >= 11 is 0. The van der Waals surface area contributed by atoms with E-state index in [0.29, 0.717) is 12.1 Å². The van der Waals surface area contributed by atoms with Crippen LogP contribution in [0.5, 0.6) is 5.75 Å². The molecule has 0 fully saturated rings. The van der Waals surface area contributed by atoms with Crippen LogP contribution in [0.4, 0.5) is 0 Å². The van der Waals surface area contributed by atoms with Crippen molar-refractivity contribution in [2.24, 2.45) is 0 Å². The molecule has 1 aromatic carbocycles. The van der Waals surface area contributed by atoms with Gasteiger partial charge in [-0.25, -0.2) is 0 Å². The summed E-state index contributed by atoms with van der Waals surface area (Å²) in [5.74, 6) is 2.05. The highest BCUT2D eigenvalue weighted by Crippen LogP contribution is 2.29. The Morgan fingerprint density at radius 1 is 1.36 bits per heavy atom. The summed E-state index contributed by atoms with van der Waals surface area (Å²) < 4.78 is 7.88. The van der Waals surface area contributed by atoms with Crippen molar-refractivity contribution in [1.29, 1.82) is 0 Å². The van der Waals surface area contributed by atoms with Crippen molar-refractivity contribution in [1.82, 2.24) is 19.7 Å². The van der Waals surface area contributed by atoms with Gasteiger partial charge >= 0.3 is 0 Å². The summed E-state index contributed by atoms with van der Waals surface area (Å²) in [7, 11) is 2.12. The molecule has 1 atom stereocenters. The second kappa shape index (κ2) is 6.08. The molecule has 0 unspecified atom stereocenters. The Balaban J connectivity index is 1.66. The fraction of sp³-hybridized carbons (Fsp3) is 0.529. The summed E-state index contributed by atoms with van der Waals surface area (Å²) in [6, 6.07) is 6.90. The van der Waals surface area contributed by atoms with Gasteiger partial charge in [0.05, 0.1) is 6.54 Å². The Morgan fingerprint density at radius 2 is 2.18 bits per heavy atom. The minimum absolute atomic E-state index is 0.299. The van der Waals surface area contributed by atoms with Gasteiger partial charge in [0.25, 0.3) is 0 Å². The lowest BCUT2D eigenvalue weighted by Gasteiger charge is -2.18. The fourth-order valence-corrected chi connectivity index (χ4v) is 2.99. The van der Waals surface area contributed by atoms with E-state index in [1.54, 1.807) is 0 Å². The van der Waals surface area contributed by atoms with Gasteiger partial charge in [-0.15, -0.1) is 10.2 Å². The van der Waals surface area contributed by atoms with Crippen LogP contribution in [0.2, 0.25) is 0 Å². The fourth-order valence-electron chi connectivity index (χ4n) is 2.99. The average Bonchev–Trinajstić information content (AvgIpc) is 3.03. The van der Waals surface area contributed by atoms with E-state index in [0.717, 1.165) is 31.1 Å². The number of hydrogen-bond acceptors (Lipinski definition) is 4. The number of aromatic nitrogens is 3. The molecule has 118 valence electrons. The number of benzene rings is 1. The van der Waals surface area contributed by atoms with Crippen molar-refractivity contribution in [3.63, 3.8) is 0 Å². The second-order valence-corrected chi connectivity index (χ2v) is 6.50. The molecule has 0 amide bonds. The lowest BCUT2D eigenvalue weighted by atomic mass is 10.1. The number of nitrogens with zero attached hydrogens (tertiary/aromatic N) is 4. The zero-order chi connectivity index (χ0) is 15.7. The lowest BCUT2D eigenvalue weighted by molar-refractivity contribution is 0.254. The second-order valence-electron chi connectivity index (χ2n) is 6.50. The van der Waals surface area contributed by atoms with E-state index in [2.05, 4.69) is 65.7 Å². The highest BCUT2D eigenvalue weighted by molar-refractivity contribution is 5.40. The molecule has 0 N–H and O–H groups in total. The predicted octanol–water partition coefficient (Wildman–Crippen LogP) is 2.81. The first-order valence-corrected chi connectivity index (χ1v) is 7.88. The van der Waals surface area contributed by atoms with Crippen molar-refractivity contribution in [2.45, 2.75) is 52.4 Å². The quantitative estimate of drug-likeness (QED) is 0.851. The van der Waals surface area contributed by atoms with Crippen molar-refractivity contribution in [2.75, 3.05) is 7.05 Å². The van der Waals surface area contributed by atoms with Gasteiger partial charge in [0.1, 0.15) is 24.0 Å². The smallest absolute Gasteiger partial charge is 0.147 e. The Morgan fingerprint density at radius 3 is 2.95 bits per heavy atom. The SMILES string of the molecule is CC(C)n1cnnc1CN(C)Cc1ccc2c(c1)C[C@@H](C)O2. The number of hydrogen-bond donors (Lipinski definition) is 0. The maximum atomic E-state index is 5.76. The molecule has 3 rings (SSSR count). The molecular weight excluding hydrogens is 276 g/mol. The molecule has 22 heavy (non-hydrogen) atoms. The van der Waals surface area contributed by atoms with Crippen LogP contribution in [0.25, 0.3) is 0 Å². The minimum Gasteiger partial charge on any atom is -0.490 e. The Labute approximate surface area is 131 Å². The van der Waals surface area contributed by atoms with Crippen molar-refractivity contribution >= 4 is 0 Å². The molecule has 2 heterocycles. The normalized spacial score (nSPS) is 17.1. The van der Waals surface area contributed by atoms with Gasteiger partial charge in [-0.2, -0.15) is 0 Å². The molecule has 0 saturated carbocycles. The van der Waals surface area contributed by atoms with E-state index in [4.69, 9.17) is 4.74 Å². The third-order valence-electron chi connectivity index (χ3n) is 4.03. The topological polar surface area (TPSA) is 43.2 Å². The van der Waals surface area contributed by atoms with Crippen LogP contribution in [0.1, 0.15) is 43.8 Å². The molecule has 5 nitrogen and oxygen atoms in total. The molecule has 0 bridgehead atoms. The lowest BCUT2D eigenvalue weighted by Crippen LogP contribution is -2.20. The van der Waals surface area contributed by atoms with Gasteiger partial charge in [0.15, 0.2) is 0 Å². The standard InChI is InChI=1S/C17H24N4O/c1-12(2)21-11-18-19-17(21)10-20(4)9-14-5-6-16-15(8-14)7-13(3)22-16/h5-6,8,11-13H,7,9-10H2,1-4H3/t13-/m1/s1. The maximum absolute atomic E-state index is 5.76. The molecule has 2 aromatic rings. The van der Waals surface area contributed by atoms with Crippen molar-refractivity contribution in [3.05, 3.63) is 41.5 Å². The van der Waals surface area contributed by atoms with Gasteiger partial charge in [-0.1, -0.05) is 12.1 Å². The Kier molecular flexibility index (Phi) is 4.16. The van der Waals surface area contributed by atoms with Gasteiger partial charge < -0.3 is 9.30 Å². The maximum Gasteiger partial charge on any atom is 0.147 e. The summed E-state index contributed by atoms with van der Waals surface area (Å²) in [5.41, 5.74) is 2.64. The summed E-state index contributed by atoms with van der Waals surface area (Å²) in [5, 5.41) is 8.27. The Bertz CT molecular complexity index is 650. The molecule has 0 spiro atoms. The van der Waals surface area contributed by atoms with Crippen LogP contribution < -0.4 is 4.74 Å². The first kappa shape index (κ1) is 15.0. The average molecular weight is 300 g/mol.